The van der Waals surface area contributed by atoms with Crippen molar-refractivity contribution in [2.45, 2.75) is 6.92 Å². The van der Waals surface area contributed by atoms with Crippen LogP contribution in [0.2, 0.25) is 0 Å². The third kappa shape index (κ3) is 1.97. The Kier molecular flexibility index (Phi) is 2.64. The lowest BCUT2D eigenvalue weighted by Crippen LogP contribution is -2.41. The molecule has 1 amide bonds. The van der Waals surface area contributed by atoms with E-state index in [-0.39, 0.29) is 5.91 Å². The Morgan fingerprint density at radius 1 is 1.33 bits per heavy atom. The number of hydrogen-bond acceptors (Lipinski definition) is 4. The Balaban J connectivity index is 2.19. The van der Waals surface area contributed by atoms with Gasteiger partial charge in [-0.2, -0.15) is 4.99 Å². The van der Waals surface area contributed by atoms with Gasteiger partial charge in [-0.3, -0.25) is 4.79 Å². The molecule has 2 heterocycles. The highest BCUT2D eigenvalue weighted by Gasteiger charge is 2.22. The van der Waals surface area contributed by atoms with E-state index in [1.54, 1.807) is 6.92 Å². The minimum atomic E-state index is -0.288. The van der Waals surface area contributed by atoms with Crippen molar-refractivity contribution in [3.8, 4) is 0 Å². The number of morpholine rings is 1. The lowest BCUT2D eigenvalue weighted by atomic mass is 10.2. The van der Waals surface area contributed by atoms with E-state index in [0.29, 0.717) is 30.5 Å². The molecule has 1 fully saturated rings. The van der Waals surface area contributed by atoms with Crippen LogP contribution in [0.4, 0.5) is 0 Å². The average Bonchev–Trinajstić information content (AvgIpc) is 2.26. The fraction of sp³-hybridized carbons (Fsp3) is 0.500. The number of carbonyl (C=O) groups excluding carboxylic acids is 1. The van der Waals surface area contributed by atoms with Crippen LogP contribution in [0, 0.1) is 0 Å². The Morgan fingerprint density at radius 2 is 2.00 bits per heavy atom. The molecule has 0 saturated carbocycles. The maximum Gasteiger partial charge on any atom is 0.281 e. The molecule has 0 atom stereocenters. The maximum atomic E-state index is 11.4. The van der Waals surface area contributed by atoms with E-state index in [9.17, 15) is 4.79 Å². The topological polar surface area (TPSA) is 54.3 Å². The zero-order valence-electron chi connectivity index (χ0n) is 8.69. The molecule has 0 aromatic heterocycles. The summed E-state index contributed by atoms with van der Waals surface area (Å²) in [7, 11) is 0. The van der Waals surface area contributed by atoms with Gasteiger partial charge < -0.3 is 9.64 Å². The summed E-state index contributed by atoms with van der Waals surface area (Å²) >= 11 is 0. The molecule has 0 radical (unpaired) electrons. The highest BCUT2D eigenvalue weighted by Crippen LogP contribution is 2.10. The molecule has 0 N–H and O–H groups in total. The molecule has 0 spiro atoms. The summed E-state index contributed by atoms with van der Waals surface area (Å²) in [5, 5.41) is 0. The third-order valence-corrected chi connectivity index (χ3v) is 2.46. The lowest BCUT2D eigenvalue weighted by molar-refractivity contribution is -0.114. The number of carbonyl (C=O) groups is 1. The van der Waals surface area contributed by atoms with Crippen LogP contribution in [-0.2, 0) is 9.53 Å². The largest absolute Gasteiger partial charge is 0.378 e. The molecule has 5 nitrogen and oxygen atoms in total. The van der Waals surface area contributed by atoms with Crippen LogP contribution in [0.1, 0.15) is 6.92 Å². The molecule has 2 aliphatic rings. The van der Waals surface area contributed by atoms with Crippen LogP contribution < -0.4 is 0 Å². The van der Waals surface area contributed by atoms with Gasteiger partial charge in [-0.25, -0.2) is 4.99 Å². The second-order valence-corrected chi connectivity index (χ2v) is 3.49. The van der Waals surface area contributed by atoms with E-state index in [1.807, 2.05) is 4.90 Å². The van der Waals surface area contributed by atoms with Gasteiger partial charge in [0.2, 0.25) is 5.96 Å². The third-order valence-electron chi connectivity index (χ3n) is 2.46. The first-order valence-electron chi connectivity index (χ1n) is 4.89. The predicted molar refractivity (Wildman–Crippen MR) is 57.1 cm³/mol. The highest BCUT2D eigenvalue weighted by molar-refractivity contribution is 6.27. The first kappa shape index (κ1) is 10.0. The molecule has 2 aliphatic heterocycles. The summed E-state index contributed by atoms with van der Waals surface area (Å²) in [6.45, 7) is 8.17. The number of aliphatic imine (C=N–C) groups is 2. The van der Waals surface area contributed by atoms with Gasteiger partial charge in [-0.15, -0.1) is 0 Å². The number of amides is 1. The quantitative estimate of drug-likeness (QED) is 0.534. The van der Waals surface area contributed by atoms with Crippen molar-refractivity contribution >= 4 is 17.6 Å². The fourth-order valence-electron chi connectivity index (χ4n) is 1.46. The van der Waals surface area contributed by atoms with Crippen molar-refractivity contribution in [1.29, 1.82) is 0 Å². The normalized spacial score (nSPS) is 22.6. The van der Waals surface area contributed by atoms with Crippen LogP contribution in [0.25, 0.3) is 0 Å². The van der Waals surface area contributed by atoms with Gasteiger partial charge in [0.15, 0.2) is 0 Å². The predicted octanol–water partition coefficient (Wildman–Crippen LogP) is 0.232. The minimum Gasteiger partial charge on any atom is -0.378 e. The van der Waals surface area contributed by atoms with Crippen molar-refractivity contribution < 1.29 is 9.53 Å². The molecule has 0 aromatic carbocycles. The number of guanidine groups is 1. The van der Waals surface area contributed by atoms with Crippen molar-refractivity contribution in [1.82, 2.24) is 4.90 Å². The van der Waals surface area contributed by atoms with Gasteiger partial charge in [-0.1, -0.05) is 6.58 Å². The summed E-state index contributed by atoms with van der Waals surface area (Å²) in [4.78, 5) is 21.5. The molecule has 1 saturated heterocycles. The monoisotopic (exact) mass is 207 g/mol. The van der Waals surface area contributed by atoms with Crippen molar-refractivity contribution in [2.24, 2.45) is 9.98 Å². The number of rotatable bonds is 0. The molecule has 0 aromatic rings. The van der Waals surface area contributed by atoms with Gasteiger partial charge in [0.1, 0.15) is 0 Å². The fourth-order valence-corrected chi connectivity index (χ4v) is 1.46. The van der Waals surface area contributed by atoms with Crippen molar-refractivity contribution in [3.63, 3.8) is 0 Å². The molecule has 0 aliphatic carbocycles. The Morgan fingerprint density at radius 3 is 2.60 bits per heavy atom. The summed E-state index contributed by atoms with van der Waals surface area (Å²) in [6, 6.07) is 0. The van der Waals surface area contributed by atoms with Gasteiger partial charge >= 0.3 is 0 Å². The van der Waals surface area contributed by atoms with Crippen LogP contribution in [0.5, 0.6) is 0 Å². The minimum absolute atomic E-state index is 0.288. The number of hydrogen-bond donors (Lipinski definition) is 0. The highest BCUT2D eigenvalue weighted by atomic mass is 16.5. The van der Waals surface area contributed by atoms with E-state index in [0.717, 1.165) is 13.1 Å². The molecular weight excluding hydrogens is 194 g/mol. The van der Waals surface area contributed by atoms with Gasteiger partial charge in [0.25, 0.3) is 5.91 Å². The second-order valence-electron chi connectivity index (χ2n) is 3.49. The number of ether oxygens (including phenoxy) is 1. The van der Waals surface area contributed by atoms with Crippen LogP contribution >= 0.6 is 0 Å². The Hall–Kier alpha value is -1.49. The zero-order chi connectivity index (χ0) is 10.8. The molecule has 5 heteroatoms. The summed E-state index contributed by atoms with van der Waals surface area (Å²) < 4.78 is 5.22. The maximum absolute atomic E-state index is 11.4. The molecule has 80 valence electrons. The molecule has 0 unspecified atom stereocenters. The lowest BCUT2D eigenvalue weighted by Gasteiger charge is -2.28. The zero-order valence-corrected chi connectivity index (χ0v) is 8.69. The van der Waals surface area contributed by atoms with E-state index in [1.165, 1.54) is 0 Å². The second kappa shape index (κ2) is 3.94. The first-order valence-corrected chi connectivity index (χ1v) is 4.89. The standard InChI is InChI=1S/C10H13N3O2/c1-7-8(2)11-10(12-9(7)14)13-3-5-15-6-4-13/h1,3-6H2,2H3. The SMILES string of the molecule is C=C1C(=O)N=C(N2CCOCC2)N=C1C. The van der Waals surface area contributed by atoms with Crippen LogP contribution in [-0.4, -0.2) is 48.8 Å². The Labute approximate surface area is 88.1 Å². The number of nitrogens with zero attached hydrogens (tertiary/aromatic N) is 3. The van der Waals surface area contributed by atoms with Crippen molar-refractivity contribution in [3.05, 3.63) is 12.2 Å². The van der Waals surface area contributed by atoms with E-state index in [2.05, 4.69) is 16.6 Å². The van der Waals surface area contributed by atoms with Gasteiger partial charge in [0, 0.05) is 13.1 Å². The van der Waals surface area contributed by atoms with Crippen LogP contribution in [0.15, 0.2) is 22.1 Å². The van der Waals surface area contributed by atoms with E-state index in [4.69, 9.17) is 4.74 Å². The first-order chi connectivity index (χ1) is 7.18. The molecule has 2 rings (SSSR count). The average molecular weight is 207 g/mol. The van der Waals surface area contributed by atoms with Crippen LogP contribution in [0.3, 0.4) is 0 Å². The summed E-state index contributed by atoms with van der Waals surface area (Å²) in [5.74, 6) is 0.206. The molecule has 15 heavy (non-hydrogen) atoms. The molecule has 0 bridgehead atoms. The van der Waals surface area contributed by atoms with Crippen molar-refractivity contribution in [2.75, 3.05) is 26.3 Å². The van der Waals surface area contributed by atoms with E-state index >= 15 is 0 Å². The van der Waals surface area contributed by atoms with Gasteiger partial charge in [0.05, 0.1) is 24.5 Å². The smallest absolute Gasteiger partial charge is 0.281 e. The Bertz CT molecular complexity index is 365. The van der Waals surface area contributed by atoms with Gasteiger partial charge in [-0.05, 0) is 6.92 Å². The van der Waals surface area contributed by atoms with E-state index < -0.39 is 0 Å². The molecular formula is C10H13N3O2. The summed E-state index contributed by atoms with van der Waals surface area (Å²) in [6.07, 6.45) is 0. The summed E-state index contributed by atoms with van der Waals surface area (Å²) in [5.41, 5.74) is 1.03.